The molecular weight excluding hydrogens is 354 g/mol. The fourth-order valence-corrected chi connectivity index (χ4v) is 3.99. The number of phenolic OH excluding ortho intramolecular Hbond substituents is 1. The van der Waals surface area contributed by atoms with Gasteiger partial charge in [0.2, 0.25) is 5.78 Å². The van der Waals surface area contributed by atoms with Gasteiger partial charge >= 0.3 is 0 Å². The number of piperidine rings is 1. The maximum Gasteiger partial charge on any atom is 0.231 e. The van der Waals surface area contributed by atoms with Crippen molar-refractivity contribution >= 4 is 11.9 Å². The van der Waals surface area contributed by atoms with E-state index in [1.165, 1.54) is 17.7 Å². The predicted octanol–water partition coefficient (Wildman–Crippen LogP) is 2.83. The van der Waals surface area contributed by atoms with Crippen molar-refractivity contribution in [3.63, 3.8) is 0 Å². The normalized spacial score (nSPS) is 22.8. The van der Waals surface area contributed by atoms with Crippen LogP contribution in [0.5, 0.6) is 17.2 Å². The number of hydrogen-bond acceptors (Lipinski definition) is 4. The van der Waals surface area contributed by atoms with Gasteiger partial charge in [-0.25, -0.2) is 0 Å². The molecule has 1 saturated heterocycles. The van der Waals surface area contributed by atoms with Gasteiger partial charge in [-0.1, -0.05) is 25.1 Å². The molecule has 0 unspecified atom stereocenters. The second-order valence-corrected chi connectivity index (χ2v) is 7.73. The summed E-state index contributed by atoms with van der Waals surface area (Å²) in [4.78, 5) is 14.3. The second kappa shape index (κ2) is 7.68. The van der Waals surface area contributed by atoms with E-state index in [2.05, 4.69) is 6.92 Å². The number of aromatic hydroxyl groups is 1. The van der Waals surface area contributed by atoms with Crippen molar-refractivity contribution in [1.29, 1.82) is 0 Å². The lowest BCUT2D eigenvalue weighted by molar-refractivity contribution is -0.919. The molecule has 2 N–H and O–H groups in total. The molecule has 0 spiro atoms. The molecular formula is C23H26NO4+. The number of quaternary nitrogens is 1. The van der Waals surface area contributed by atoms with E-state index in [9.17, 15) is 9.90 Å². The number of hydrogen-bond donors (Lipinski definition) is 2. The number of carbonyl (C=O) groups excluding carboxylic acids is 1. The third kappa shape index (κ3) is 3.50. The molecule has 1 fully saturated rings. The maximum atomic E-state index is 12.9. The van der Waals surface area contributed by atoms with Crippen LogP contribution in [-0.4, -0.2) is 31.1 Å². The SMILES string of the molecule is COc1ccccc1/C=C1\Oc2c(ccc(O)c2C[NH+]2CCC(C)CC2)C1=O. The number of carbonyl (C=O) groups is 1. The summed E-state index contributed by atoms with van der Waals surface area (Å²) in [6.07, 6.45) is 4.07. The molecule has 0 aromatic heterocycles. The van der Waals surface area contributed by atoms with Crippen LogP contribution in [-0.2, 0) is 6.54 Å². The number of fused-ring (bicyclic) bond motifs is 1. The van der Waals surface area contributed by atoms with Gasteiger partial charge in [0, 0.05) is 5.56 Å². The average molecular weight is 380 g/mol. The molecule has 5 nitrogen and oxygen atoms in total. The predicted molar refractivity (Wildman–Crippen MR) is 107 cm³/mol. The Kier molecular flexibility index (Phi) is 5.09. The number of likely N-dealkylation sites (tertiary alicyclic amines) is 1. The van der Waals surface area contributed by atoms with Crippen LogP contribution in [0.1, 0.15) is 41.3 Å². The summed E-state index contributed by atoms with van der Waals surface area (Å²) < 4.78 is 11.3. The highest BCUT2D eigenvalue weighted by Gasteiger charge is 2.33. The molecule has 0 radical (unpaired) electrons. The molecule has 0 bridgehead atoms. The van der Waals surface area contributed by atoms with E-state index in [-0.39, 0.29) is 17.3 Å². The average Bonchev–Trinajstić information content (AvgIpc) is 3.02. The number of benzene rings is 2. The molecule has 2 heterocycles. The van der Waals surface area contributed by atoms with Crippen LogP contribution in [0.2, 0.25) is 0 Å². The topological polar surface area (TPSA) is 60.2 Å². The van der Waals surface area contributed by atoms with E-state index < -0.39 is 0 Å². The van der Waals surface area contributed by atoms with Crippen LogP contribution in [0, 0.1) is 5.92 Å². The molecule has 2 aliphatic rings. The number of para-hydroxylation sites is 1. The number of ketones is 1. The van der Waals surface area contributed by atoms with E-state index in [4.69, 9.17) is 9.47 Å². The standard InChI is InChI=1S/C23H25NO4/c1-15-9-11-24(12-10-15)14-18-19(25)8-7-17-22(26)21(28-23(17)18)13-16-5-3-4-6-20(16)27-2/h3-8,13,15,25H,9-12,14H2,1-2H3/p+1/b21-13-. The van der Waals surface area contributed by atoms with Gasteiger partial charge in [-0.15, -0.1) is 0 Å². The van der Waals surface area contributed by atoms with Gasteiger partial charge in [0.25, 0.3) is 0 Å². The summed E-state index contributed by atoms with van der Waals surface area (Å²) in [6.45, 7) is 5.09. The Morgan fingerprint density at radius 2 is 1.96 bits per heavy atom. The highest BCUT2D eigenvalue weighted by molar-refractivity contribution is 6.15. The van der Waals surface area contributed by atoms with Crippen molar-refractivity contribution in [2.24, 2.45) is 5.92 Å². The number of Topliss-reactive ketones (excluding diaryl/α,β-unsaturated/α-hetero) is 1. The Morgan fingerprint density at radius 3 is 2.71 bits per heavy atom. The fraction of sp³-hybridized carbons (Fsp3) is 0.348. The molecule has 0 atom stereocenters. The van der Waals surface area contributed by atoms with Crippen LogP contribution in [0.15, 0.2) is 42.2 Å². The first-order valence-electron chi connectivity index (χ1n) is 9.82. The Hall–Kier alpha value is -2.79. The molecule has 2 aromatic carbocycles. The summed E-state index contributed by atoms with van der Waals surface area (Å²) in [5.74, 6) is 2.22. The highest BCUT2D eigenvalue weighted by atomic mass is 16.5. The summed E-state index contributed by atoms with van der Waals surface area (Å²) in [5, 5.41) is 10.5. The Labute approximate surface area is 165 Å². The lowest BCUT2D eigenvalue weighted by Gasteiger charge is -2.27. The van der Waals surface area contributed by atoms with Crippen molar-refractivity contribution in [2.75, 3.05) is 20.2 Å². The van der Waals surface area contributed by atoms with Gasteiger partial charge < -0.3 is 19.5 Å². The Bertz CT molecular complexity index is 926. The van der Waals surface area contributed by atoms with E-state index >= 15 is 0 Å². The monoisotopic (exact) mass is 380 g/mol. The van der Waals surface area contributed by atoms with Crippen LogP contribution in [0.25, 0.3) is 6.08 Å². The zero-order valence-electron chi connectivity index (χ0n) is 16.3. The van der Waals surface area contributed by atoms with Crippen LogP contribution < -0.4 is 14.4 Å². The highest BCUT2D eigenvalue weighted by Crippen LogP contribution is 2.39. The Morgan fingerprint density at radius 1 is 1.21 bits per heavy atom. The molecule has 5 heteroatoms. The number of nitrogens with one attached hydrogen (secondary N) is 1. The summed E-state index contributed by atoms with van der Waals surface area (Å²) in [5.41, 5.74) is 2.01. The number of methoxy groups -OCH3 is 1. The third-order valence-corrected chi connectivity index (χ3v) is 5.75. The summed E-state index contributed by atoms with van der Waals surface area (Å²) >= 11 is 0. The van der Waals surface area contributed by atoms with Crippen molar-refractivity contribution in [3.05, 3.63) is 58.8 Å². The molecule has 0 aliphatic carbocycles. The van der Waals surface area contributed by atoms with E-state index in [0.29, 0.717) is 23.6 Å². The zero-order valence-corrected chi connectivity index (χ0v) is 16.3. The number of rotatable bonds is 4. The fourth-order valence-electron chi connectivity index (χ4n) is 3.99. The zero-order chi connectivity index (χ0) is 19.7. The van der Waals surface area contributed by atoms with Gasteiger partial charge in [0.05, 0.1) is 31.3 Å². The first-order chi connectivity index (χ1) is 13.6. The first kappa shape index (κ1) is 18.6. The molecule has 0 amide bonds. The van der Waals surface area contributed by atoms with E-state index in [1.54, 1.807) is 25.3 Å². The van der Waals surface area contributed by atoms with Crippen LogP contribution in [0.3, 0.4) is 0 Å². The van der Waals surface area contributed by atoms with Crippen molar-refractivity contribution in [2.45, 2.75) is 26.3 Å². The van der Waals surface area contributed by atoms with Gasteiger partial charge in [-0.2, -0.15) is 0 Å². The quantitative estimate of drug-likeness (QED) is 0.801. The molecule has 2 aromatic rings. The van der Waals surface area contributed by atoms with Crippen molar-refractivity contribution in [3.8, 4) is 17.2 Å². The third-order valence-electron chi connectivity index (χ3n) is 5.75. The lowest BCUT2D eigenvalue weighted by atomic mass is 9.98. The van der Waals surface area contributed by atoms with Crippen molar-refractivity contribution in [1.82, 2.24) is 0 Å². The summed E-state index contributed by atoms with van der Waals surface area (Å²) in [7, 11) is 1.60. The van der Waals surface area contributed by atoms with Crippen LogP contribution in [0.4, 0.5) is 0 Å². The second-order valence-electron chi connectivity index (χ2n) is 7.73. The molecule has 28 heavy (non-hydrogen) atoms. The minimum Gasteiger partial charge on any atom is -0.507 e. The molecule has 0 saturated carbocycles. The largest absolute Gasteiger partial charge is 0.507 e. The summed E-state index contributed by atoms with van der Waals surface area (Å²) in [6, 6.07) is 10.7. The van der Waals surface area contributed by atoms with Gasteiger partial charge in [0.1, 0.15) is 18.0 Å². The number of allylic oxidation sites excluding steroid dienone is 1. The number of phenols is 1. The Balaban J connectivity index is 1.64. The van der Waals surface area contributed by atoms with Gasteiger partial charge in [0.15, 0.2) is 11.5 Å². The first-order valence-corrected chi connectivity index (χ1v) is 9.82. The molecule has 146 valence electrons. The van der Waals surface area contributed by atoms with Gasteiger partial charge in [-0.3, -0.25) is 4.79 Å². The van der Waals surface area contributed by atoms with E-state index in [1.807, 2.05) is 24.3 Å². The molecule has 2 aliphatic heterocycles. The maximum absolute atomic E-state index is 12.9. The van der Waals surface area contributed by atoms with E-state index in [0.717, 1.165) is 30.1 Å². The lowest BCUT2D eigenvalue weighted by Crippen LogP contribution is -3.11. The minimum absolute atomic E-state index is 0.163. The number of ether oxygens (including phenoxy) is 2. The van der Waals surface area contributed by atoms with Gasteiger partial charge in [-0.05, 0) is 43.0 Å². The smallest absolute Gasteiger partial charge is 0.231 e. The van der Waals surface area contributed by atoms with Crippen molar-refractivity contribution < 1.29 is 24.3 Å². The minimum atomic E-state index is -0.163. The van der Waals surface area contributed by atoms with Crippen LogP contribution >= 0.6 is 0 Å². The molecule has 4 rings (SSSR count).